The van der Waals surface area contributed by atoms with Crippen LogP contribution in [0.4, 0.5) is 0 Å². The Kier molecular flexibility index (Phi) is 4.90. The second-order valence-electron chi connectivity index (χ2n) is 6.12. The number of nitrogens with zero attached hydrogens (tertiary/aromatic N) is 3. The molecule has 0 aromatic carbocycles. The molecule has 2 rings (SSSR count). The molecule has 4 heteroatoms. The van der Waals surface area contributed by atoms with Gasteiger partial charge in [-0.05, 0) is 41.1 Å². The van der Waals surface area contributed by atoms with Crippen molar-refractivity contribution in [3.05, 3.63) is 15.9 Å². The highest BCUT2D eigenvalue weighted by Gasteiger charge is 2.37. The highest BCUT2D eigenvalue weighted by atomic mass is 79.9. The van der Waals surface area contributed by atoms with E-state index < -0.39 is 0 Å². The molecule has 0 bridgehead atoms. The molecule has 0 saturated heterocycles. The minimum Gasteiger partial charge on any atom is -0.271 e. The van der Waals surface area contributed by atoms with Crippen LogP contribution >= 0.6 is 15.9 Å². The summed E-state index contributed by atoms with van der Waals surface area (Å²) in [6, 6.07) is 2.65. The standard InChI is InChI=1S/C16H24BrN3/c1-4-12-7-6-8-16(9-12,11-18)10-14-15(17)13(5-2)19-20(14)3/h12H,4-10H2,1-3H3. The second kappa shape index (κ2) is 6.30. The summed E-state index contributed by atoms with van der Waals surface area (Å²) in [5, 5.41) is 14.3. The van der Waals surface area contributed by atoms with Crippen LogP contribution < -0.4 is 0 Å². The Balaban J connectivity index is 2.27. The summed E-state index contributed by atoms with van der Waals surface area (Å²) >= 11 is 3.68. The molecule has 1 saturated carbocycles. The van der Waals surface area contributed by atoms with E-state index in [1.165, 1.54) is 25.0 Å². The summed E-state index contributed by atoms with van der Waals surface area (Å²) in [6.07, 6.45) is 7.47. The molecule has 3 nitrogen and oxygen atoms in total. The van der Waals surface area contributed by atoms with Crippen LogP contribution in [-0.2, 0) is 19.9 Å². The molecule has 1 fully saturated rings. The number of rotatable bonds is 4. The third-order valence-corrected chi connectivity index (χ3v) is 5.69. The number of aryl methyl sites for hydroxylation is 2. The molecular formula is C16H24BrN3. The normalized spacial score (nSPS) is 26.4. The lowest BCUT2D eigenvalue weighted by Gasteiger charge is -2.35. The molecule has 1 heterocycles. The molecule has 0 aliphatic heterocycles. The zero-order chi connectivity index (χ0) is 14.8. The molecule has 1 aliphatic carbocycles. The fraction of sp³-hybridized carbons (Fsp3) is 0.750. The Bertz CT molecular complexity index is 515. The number of nitriles is 1. The minimum atomic E-state index is -0.194. The first-order valence-corrected chi connectivity index (χ1v) is 8.46. The van der Waals surface area contributed by atoms with E-state index in [1.807, 2.05) is 11.7 Å². The average Bonchev–Trinajstić information content (AvgIpc) is 2.74. The largest absolute Gasteiger partial charge is 0.271 e. The van der Waals surface area contributed by atoms with Crippen molar-refractivity contribution in [2.24, 2.45) is 18.4 Å². The van der Waals surface area contributed by atoms with Crippen molar-refractivity contribution in [1.82, 2.24) is 9.78 Å². The Labute approximate surface area is 130 Å². The molecule has 0 spiro atoms. The van der Waals surface area contributed by atoms with Crippen LogP contribution in [0, 0.1) is 22.7 Å². The van der Waals surface area contributed by atoms with E-state index in [1.54, 1.807) is 0 Å². The maximum Gasteiger partial charge on any atom is 0.0766 e. The summed E-state index contributed by atoms with van der Waals surface area (Å²) in [7, 11) is 1.99. The first kappa shape index (κ1) is 15.6. The minimum absolute atomic E-state index is 0.194. The van der Waals surface area contributed by atoms with Crippen molar-refractivity contribution >= 4 is 15.9 Å². The molecular weight excluding hydrogens is 314 g/mol. The number of hydrogen-bond acceptors (Lipinski definition) is 2. The molecule has 110 valence electrons. The maximum atomic E-state index is 9.77. The second-order valence-corrected chi connectivity index (χ2v) is 6.92. The van der Waals surface area contributed by atoms with Gasteiger partial charge in [-0.3, -0.25) is 4.68 Å². The molecule has 20 heavy (non-hydrogen) atoms. The van der Waals surface area contributed by atoms with Crippen molar-refractivity contribution < 1.29 is 0 Å². The third kappa shape index (κ3) is 2.93. The van der Waals surface area contributed by atoms with E-state index in [0.29, 0.717) is 5.92 Å². The monoisotopic (exact) mass is 337 g/mol. The van der Waals surface area contributed by atoms with Crippen LogP contribution in [0.5, 0.6) is 0 Å². The third-order valence-electron chi connectivity index (χ3n) is 4.77. The molecule has 0 amide bonds. The van der Waals surface area contributed by atoms with Gasteiger partial charge in [0, 0.05) is 13.5 Å². The van der Waals surface area contributed by atoms with Crippen molar-refractivity contribution in [2.75, 3.05) is 0 Å². The van der Waals surface area contributed by atoms with Crippen LogP contribution in [-0.4, -0.2) is 9.78 Å². The van der Waals surface area contributed by atoms with Gasteiger partial charge in [-0.25, -0.2) is 0 Å². The smallest absolute Gasteiger partial charge is 0.0766 e. The SMILES string of the molecule is CCc1nn(C)c(CC2(C#N)CCCC(CC)C2)c1Br. The fourth-order valence-electron chi connectivity index (χ4n) is 3.47. The van der Waals surface area contributed by atoms with Crippen molar-refractivity contribution in [3.8, 4) is 6.07 Å². The van der Waals surface area contributed by atoms with E-state index in [2.05, 4.69) is 40.9 Å². The quantitative estimate of drug-likeness (QED) is 0.817. The van der Waals surface area contributed by atoms with Crippen molar-refractivity contribution in [3.63, 3.8) is 0 Å². The van der Waals surface area contributed by atoms with Gasteiger partial charge in [-0.2, -0.15) is 10.4 Å². The van der Waals surface area contributed by atoms with Gasteiger partial charge < -0.3 is 0 Å². The van der Waals surface area contributed by atoms with Gasteiger partial charge in [0.25, 0.3) is 0 Å². The van der Waals surface area contributed by atoms with Gasteiger partial charge in [0.15, 0.2) is 0 Å². The van der Waals surface area contributed by atoms with Gasteiger partial charge >= 0.3 is 0 Å². The van der Waals surface area contributed by atoms with E-state index in [0.717, 1.165) is 35.8 Å². The predicted molar refractivity (Wildman–Crippen MR) is 84.3 cm³/mol. The molecule has 2 atom stereocenters. The van der Waals surface area contributed by atoms with Crippen LogP contribution in [0.1, 0.15) is 57.3 Å². The molecule has 2 unspecified atom stereocenters. The van der Waals surface area contributed by atoms with Crippen molar-refractivity contribution in [2.45, 2.75) is 58.8 Å². The Hall–Kier alpha value is -0.820. The Morgan fingerprint density at radius 3 is 2.80 bits per heavy atom. The van der Waals surface area contributed by atoms with E-state index in [9.17, 15) is 5.26 Å². The first-order valence-electron chi connectivity index (χ1n) is 7.66. The predicted octanol–water partition coefficient (Wildman–Crippen LogP) is 4.40. The van der Waals surface area contributed by atoms with Crippen LogP contribution in [0.2, 0.25) is 0 Å². The fourth-order valence-corrected chi connectivity index (χ4v) is 4.22. The number of halogens is 1. The lowest BCUT2D eigenvalue weighted by Crippen LogP contribution is -2.30. The molecule has 0 radical (unpaired) electrons. The topological polar surface area (TPSA) is 41.6 Å². The van der Waals surface area contributed by atoms with E-state index >= 15 is 0 Å². The summed E-state index contributed by atoms with van der Waals surface area (Å²) < 4.78 is 3.06. The summed E-state index contributed by atoms with van der Waals surface area (Å²) in [5.41, 5.74) is 2.08. The van der Waals surface area contributed by atoms with Crippen LogP contribution in [0.15, 0.2) is 4.47 Å². The van der Waals surface area contributed by atoms with Gasteiger partial charge in [0.1, 0.15) is 0 Å². The Morgan fingerprint density at radius 2 is 2.25 bits per heavy atom. The van der Waals surface area contributed by atoms with Gasteiger partial charge in [0.2, 0.25) is 0 Å². The molecule has 1 aromatic rings. The summed E-state index contributed by atoms with van der Waals surface area (Å²) in [4.78, 5) is 0. The number of aromatic nitrogens is 2. The maximum absolute atomic E-state index is 9.77. The summed E-state index contributed by atoms with van der Waals surface area (Å²) in [5.74, 6) is 0.709. The molecule has 0 N–H and O–H groups in total. The highest BCUT2D eigenvalue weighted by molar-refractivity contribution is 9.10. The lowest BCUT2D eigenvalue weighted by molar-refractivity contribution is 0.191. The van der Waals surface area contributed by atoms with Gasteiger partial charge in [-0.15, -0.1) is 0 Å². The van der Waals surface area contributed by atoms with Crippen LogP contribution in [0.25, 0.3) is 0 Å². The number of hydrogen-bond donors (Lipinski definition) is 0. The van der Waals surface area contributed by atoms with Crippen LogP contribution in [0.3, 0.4) is 0 Å². The Morgan fingerprint density at radius 1 is 1.50 bits per heavy atom. The van der Waals surface area contributed by atoms with E-state index in [-0.39, 0.29) is 5.41 Å². The highest BCUT2D eigenvalue weighted by Crippen LogP contribution is 2.43. The zero-order valence-electron chi connectivity index (χ0n) is 12.7. The van der Waals surface area contributed by atoms with E-state index in [4.69, 9.17) is 0 Å². The zero-order valence-corrected chi connectivity index (χ0v) is 14.3. The van der Waals surface area contributed by atoms with Gasteiger partial charge in [-0.1, -0.05) is 33.1 Å². The molecule has 1 aliphatic rings. The lowest BCUT2D eigenvalue weighted by atomic mass is 9.67. The van der Waals surface area contributed by atoms with Crippen molar-refractivity contribution in [1.29, 1.82) is 5.26 Å². The first-order chi connectivity index (χ1) is 9.55. The molecule has 1 aromatic heterocycles. The van der Waals surface area contributed by atoms with Gasteiger partial charge in [0.05, 0.1) is 27.3 Å². The summed E-state index contributed by atoms with van der Waals surface area (Å²) in [6.45, 7) is 4.36. The average molecular weight is 338 g/mol.